The van der Waals surface area contributed by atoms with Crippen LogP contribution in [0.5, 0.6) is 0 Å². The third kappa shape index (κ3) is 6.57. The Kier molecular flexibility index (Phi) is 9.12. The van der Waals surface area contributed by atoms with Gasteiger partial charge in [0.15, 0.2) is 5.82 Å². The van der Waals surface area contributed by atoms with Gasteiger partial charge in [-0.2, -0.15) is 11.3 Å². The number of hydrogen-bond donors (Lipinski definition) is 2. The molecule has 3 N–H and O–H groups in total. The molecule has 0 spiro atoms. The zero-order valence-electron chi connectivity index (χ0n) is 22.4. The number of thiophene rings is 1. The molecule has 0 atom stereocenters. The first kappa shape index (κ1) is 27.7. The van der Waals surface area contributed by atoms with Crippen molar-refractivity contribution in [3.8, 4) is 22.4 Å². The van der Waals surface area contributed by atoms with Crippen LogP contribution < -0.4 is 11.1 Å². The van der Waals surface area contributed by atoms with E-state index in [2.05, 4.69) is 49.9 Å². The van der Waals surface area contributed by atoms with Crippen molar-refractivity contribution in [1.82, 2.24) is 15.1 Å². The first-order chi connectivity index (χ1) is 18.3. The van der Waals surface area contributed by atoms with E-state index in [4.69, 9.17) is 5.73 Å². The molecule has 8 nitrogen and oxygen atoms in total. The number of benzene rings is 1. The minimum absolute atomic E-state index is 0.165. The van der Waals surface area contributed by atoms with Crippen molar-refractivity contribution in [2.45, 2.75) is 69.9 Å². The van der Waals surface area contributed by atoms with Crippen LogP contribution in [-0.4, -0.2) is 47.3 Å². The number of anilines is 1. The van der Waals surface area contributed by atoms with E-state index in [9.17, 15) is 9.59 Å². The number of nitrogens with zero attached hydrogens (tertiary/aromatic N) is 3. The quantitative estimate of drug-likeness (QED) is 0.403. The Hall–Kier alpha value is -3.30. The zero-order valence-corrected chi connectivity index (χ0v) is 23.2. The van der Waals surface area contributed by atoms with Gasteiger partial charge in [0.2, 0.25) is 5.91 Å². The Balaban J connectivity index is 0.000000236. The minimum Gasteiger partial charge on any atom is -0.453 e. The van der Waals surface area contributed by atoms with Crippen molar-refractivity contribution in [3.63, 3.8) is 0 Å². The van der Waals surface area contributed by atoms with Gasteiger partial charge in [-0.05, 0) is 66.1 Å². The lowest BCUT2D eigenvalue weighted by molar-refractivity contribution is -0.114. The third-order valence-electron chi connectivity index (χ3n) is 7.49. The van der Waals surface area contributed by atoms with Gasteiger partial charge < -0.3 is 20.7 Å². The molecule has 2 aliphatic rings. The van der Waals surface area contributed by atoms with Crippen LogP contribution in [-0.2, 0) is 15.1 Å². The highest BCUT2D eigenvalue weighted by Crippen LogP contribution is 2.40. The summed E-state index contributed by atoms with van der Waals surface area (Å²) in [5.41, 5.74) is 11.2. The molecular weight excluding hydrogens is 498 g/mol. The molecule has 2 aliphatic carbocycles. The molecule has 2 heterocycles. The summed E-state index contributed by atoms with van der Waals surface area (Å²) in [5, 5.41) is 15.3. The number of carbonyl (C=O) groups is 2. The molecule has 2 amide bonds. The zero-order chi connectivity index (χ0) is 27.1. The predicted octanol–water partition coefficient (Wildman–Crippen LogP) is 6.19. The first-order valence-corrected chi connectivity index (χ1v) is 14.1. The maximum absolute atomic E-state index is 11.3. The summed E-state index contributed by atoms with van der Waals surface area (Å²) in [4.78, 5) is 24.2. The molecule has 0 saturated heterocycles. The summed E-state index contributed by atoms with van der Waals surface area (Å²) >= 11 is 1.62. The van der Waals surface area contributed by atoms with Gasteiger partial charge in [-0.3, -0.25) is 4.79 Å². The second kappa shape index (κ2) is 12.5. The lowest BCUT2D eigenvalue weighted by atomic mass is 9.72. The van der Waals surface area contributed by atoms with Crippen LogP contribution in [0, 0.1) is 0 Å². The molecule has 202 valence electrons. The van der Waals surface area contributed by atoms with E-state index >= 15 is 0 Å². The highest BCUT2D eigenvalue weighted by Gasteiger charge is 2.34. The van der Waals surface area contributed by atoms with Gasteiger partial charge in [-0.1, -0.05) is 43.5 Å². The summed E-state index contributed by atoms with van der Waals surface area (Å²) in [5.74, 6) is 0.288. The highest BCUT2D eigenvalue weighted by atomic mass is 32.1. The van der Waals surface area contributed by atoms with E-state index in [1.54, 1.807) is 16.2 Å². The van der Waals surface area contributed by atoms with Crippen molar-refractivity contribution < 1.29 is 14.3 Å². The number of amides is 2. The smallest absolute Gasteiger partial charge is 0.409 e. The molecule has 2 saturated carbocycles. The maximum atomic E-state index is 11.3. The molecule has 0 radical (unpaired) electrons. The molecule has 0 aliphatic heterocycles. The lowest BCUT2D eigenvalue weighted by Gasteiger charge is -2.38. The summed E-state index contributed by atoms with van der Waals surface area (Å²) < 4.78 is 4.65. The molecule has 2 aromatic heterocycles. The number of nitrogens with two attached hydrogens (primary N) is 1. The molecule has 5 rings (SSSR count). The summed E-state index contributed by atoms with van der Waals surface area (Å²) in [6.07, 6.45) is 9.12. The Bertz CT molecular complexity index is 1220. The fraction of sp³-hybridized carbons (Fsp3) is 0.448. The fourth-order valence-electron chi connectivity index (χ4n) is 5.05. The second-order valence-electron chi connectivity index (χ2n) is 10.1. The lowest BCUT2D eigenvalue weighted by Crippen LogP contribution is -2.43. The number of carbonyl (C=O) groups excluding carboxylic acids is 2. The third-order valence-corrected chi connectivity index (χ3v) is 8.18. The average molecular weight is 536 g/mol. The predicted molar refractivity (Wildman–Crippen MR) is 152 cm³/mol. The Labute approximate surface area is 228 Å². The van der Waals surface area contributed by atoms with Crippen LogP contribution in [0.2, 0.25) is 0 Å². The van der Waals surface area contributed by atoms with Gasteiger partial charge >= 0.3 is 6.09 Å². The van der Waals surface area contributed by atoms with Crippen LogP contribution in [0.15, 0.2) is 47.2 Å². The van der Waals surface area contributed by atoms with E-state index in [1.807, 2.05) is 24.6 Å². The maximum Gasteiger partial charge on any atom is 0.409 e. The number of hydrogen-bond acceptors (Lipinski definition) is 7. The number of aromatic nitrogens is 2. The molecular formula is C29H37N5O3S. The van der Waals surface area contributed by atoms with Gasteiger partial charge in [0.25, 0.3) is 0 Å². The van der Waals surface area contributed by atoms with Crippen LogP contribution in [0.25, 0.3) is 22.4 Å². The molecule has 1 aromatic carbocycles. The largest absolute Gasteiger partial charge is 0.453 e. The number of nitrogens with one attached hydrogen (secondary N) is 1. The minimum atomic E-state index is -0.207. The normalized spacial score (nSPS) is 16.4. The average Bonchev–Trinajstić information content (AvgIpc) is 3.46. The fourth-order valence-corrected chi connectivity index (χ4v) is 5.71. The molecule has 2 fully saturated rings. The topological polar surface area (TPSA) is 110 Å². The molecule has 9 heteroatoms. The standard InChI is InChI=1S/C20H20N4OS.C9H17NO2/c1-13(25)22-18-11-17(15-7-10-26-12-15)19(24-23-18)14-3-5-16(6-4-14)20(21)8-2-9-20;1-10(9(11)12-2)8-6-4-3-5-7-8/h3-7,10-12H,2,8-9,21H2,1H3,(H,22,23,25);8H,3-7H2,1-2H3. The van der Waals surface area contributed by atoms with E-state index in [1.165, 1.54) is 45.3 Å². The van der Waals surface area contributed by atoms with E-state index in [-0.39, 0.29) is 17.5 Å². The van der Waals surface area contributed by atoms with Crippen molar-refractivity contribution in [2.24, 2.45) is 5.73 Å². The van der Waals surface area contributed by atoms with E-state index in [0.29, 0.717) is 11.9 Å². The van der Waals surface area contributed by atoms with Gasteiger partial charge in [0.1, 0.15) is 5.69 Å². The van der Waals surface area contributed by atoms with Crippen LogP contribution in [0.3, 0.4) is 0 Å². The Morgan fingerprint density at radius 1 is 1.05 bits per heavy atom. The van der Waals surface area contributed by atoms with Crippen molar-refractivity contribution >= 4 is 29.2 Å². The van der Waals surface area contributed by atoms with Gasteiger partial charge in [0.05, 0.1) is 7.11 Å². The highest BCUT2D eigenvalue weighted by molar-refractivity contribution is 7.08. The van der Waals surface area contributed by atoms with Crippen molar-refractivity contribution in [2.75, 3.05) is 19.5 Å². The summed E-state index contributed by atoms with van der Waals surface area (Å²) in [6.45, 7) is 1.46. The number of methoxy groups -OCH3 is 1. The molecule has 38 heavy (non-hydrogen) atoms. The molecule has 0 unspecified atom stereocenters. The van der Waals surface area contributed by atoms with E-state index < -0.39 is 0 Å². The Morgan fingerprint density at radius 3 is 2.32 bits per heavy atom. The monoisotopic (exact) mass is 535 g/mol. The summed E-state index contributed by atoms with van der Waals surface area (Å²) in [6, 6.07) is 12.6. The van der Waals surface area contributed by atoms with Crippen LogP contribution in [0.4, 0.5) is 10.6 Å². The number of rotatable bonds is 5. The van der Waals surface area contributed by atoms with Gasteiger partial charge in [-0.15, -0.1) is 10.2 Å². The van der Waals surface area contributed by atoms with E-state index in [0.717, 1.165) is 48.1 Å². The van der Waals surface area contributed by atoms with Crippen molar-refractivity contribution in [1.29, 1.82) is 0 Å². The van der Waals surface area contributed by atoms with Crippen LogP contribution in [0.1, 0.15) is 63.9 Å². The van der Waals surface area contributed by atoms with Crippen LogP contribution >= 0.6 is 11.3 Å². The van der Waals surface area contributed by atoms with Crippen molar-refractivity contribution in [3.05, 3.63) is 52.7 Å². The summed E-state index contributed by atoms with van der Waals surface area (Å²) in [7, 11) is 3.25. The van der Waals surface area contributed by atoms with Gasteiger partial charge in [-0.25, -0.2) is 4.79 Å². The molecule has 0 bridgehead atoms. The first-order valence-electron chi connectivity index (χ1n) is 13.2. The number of ether oxygens (including phenoxy) is 1. The second-order valence-corrected chi connectivity index (χ2v) is 10.9. The molecule has 3 aromatic rings. The van der Waals surface area contributed by atoms with Gasteiger partial charge in [0, 0.05) is 36.7 Å². The Morgan fingerprint density at radius 2 is 1.76 bits per heavy atom. The SMILES string of the molecule is CC(=O)Nc1cc(-c2ccsc2)c(-c2ccc(C3(N)CCC3)cc2)nn1.COC(=O)N(C)C1CCCCC1.